The SMILES string of the molecule is CO[C@H]1[C@@H](O)[C@H](O[C@@H]2[C@@H](C)O[C@@H](O[C@H]3[C@@H](OC)C[C@H](O[C@H]4CC[C@@]5(C)C(=CC[C@@H]6[C@@H]5CC[C@]5(C)[C@@H]([C@H](C)O)CC[C@]65O)C4)O[C@@H]3C)C[C@H]2OC)O[C@H](C)[C@H]1O. The summed E-state index contributed by atoms with van der Waals surface area (Å²) in [6.07, 6.45) is 2.13. The second-order valence-electron chi connectivity index (χ2n) is 18.5. The minimum absolute atomic E-state index is 0.0325. The van der Waals surface area contributed by atoms with Gasteiger partial charge in [-0.05, 0) is 102 Å². The van der Waals surface area contributed by atoms with Crippen molar-refractivity contribution >= 4 is 0 Å². The van der Waals surface area contributed by atoms with Gasteiger partial charge in [0.2, 0.25) is 0 Å². The predicted octanol–water partition coefficient (Wildman–Crippen LogP) is 4.00. The number of hydrogen-bond acceptors (Lipinski definition) is 13. The highest BCUT2D eigenvalue weighted by molar-refractivity contribution is 5.28. The quantitative estimate of drug-likeness (QED) is 0.236. The minimum atomic E-state index is -1.20. The van der Waals surface area contributed by atoms with Crippen LogP contribution in [0.2, 0.25) is 0 Å². The third-order valence-corrected chi connectivity index (χ3v) is 15.7. The van der Waals surface area contributed by atoms with Crippen LogP contribution in [-0.2, 0) is 42.6 Å². The topological polar surface area (TPSA) is 164 Å². The Balaban J connectivity index is 0.940. The summed E-state index contributed by atoms with van der Waals surface area (Å²) in [5.41, 5.74) is 0.526. The van der Waals surface area contributed by atoms with Crippen molar-refractivity contribution in [1.29, 1.82) is 0 Å². The first-order valence-corrected chi connectivity index (χ1v) is 21.1. The number of allylic oxidation sites excluding steroid dienone is 1. The van der Waals surface area contributed by atoms with Crippen molar-refractivity contribution in [3.05, 3.63) is 11.6 Å². The van der Waals surface area contributed by atoms with Gasteiger partial charge in [-0.2, -0.15) is 0 Å². The Kier molecular flexibility index (Phi) is 12.6. The molecule has 0 aromatic rings. The van der Waals surface area contributed by atoms with Crippen LogP contribution in [0.1, 0.15) is 106 Å². The molecule has 3 saturated heterocycles. The number of rotatable bonds is 10. The molecule has 13 nitrogen and oxygen atoms in total. The number of aliphatic hydroxyl groups is 4. The molecule has 0 unspecified atom stereocenters. The molecule has 7 aliphatic rings. The van der Waals surface area contributed by atoms with Crippen LogP contribution in [0.4, 0.5) is 0 Å². The molecule has 0 spiro atoms. The molecule has 0 amide bonds. The van der Waals surface area contributed by atoms with Crippen molar-refractivity contribution in [2.45, 2.75) is 203 Å². The number of aliphatic hydroxyl groups excluding tert-OH is 3. The van der Waals surface area contributed by atoms with E-state index in [0.29, 0.717) is 18.8 Å². The third kappa shape index (κ3) is 7.42. The molecule has 4 aliphatic carbocycles. The van der Waals surface area contributed by atoms with Crippen molar-refractivity contribution < 1.29 is 63.1 Å². The lowest BCUT2D eigenvalue weighted by atomic mass is 9.45. The first kappa shape index (κ1) is 42.3. The van der Waals surface area contributed by atoms with Gasteiger partial charge >= 0.3 is 0 Å². The summed E-state index contributed by atoms with van der Waals surface area (Å²) in [5.74, 6) is 0.799. The van der Waals surface area contributed by atoms with Gasteiger partial charge in [-0.25, -0.2) is 0 Å². The van der Waals surface area contributed by atoms with E-state index >= 15 is 0 Å². The molecule has 13 heteroatoms. The van der Waals surface area contributed by atoms with Gasteiger partial charge in [-0.3, -0.25) is 0 Å². The molecule has 3 saturated carbocycles. The lowest BCUT2D eigenvalue weighted by Crippen LogP contribution is -2.61. The largest absolute Gasteiger partial charge is 0.393 e. The van der Waals surface area contributed by atoms with Crippen LogP contribution in [0.25, 0.3) is 0 Å². The average molecular weight is 783 g/mol. The van der Waals surface area contributed by atoms with E-state index in [9.17, 15) is 20.4 Å². The average Bonchev–Trinajstić information content (AvgIpc) is 3.43. The Hall–Kier alpha value is -0.780. The van der Waals surface area contributed by atoms with Crippen LogP contribution in [-0.4, -0.2) is 139 Å². The van der Waals surface area contributed by atoms with Crippen molar-refractivity contribution in [2.24, 2.45) is 28.6 Å². The molecule has 3 heterocycles. The van der Waals surface area contributed by atoms with Crippen LogP contribution in [0.5, 0.6) is 0 Å². The van der Waals surface area contributed by atoms with Crippen molar-refractivity contribution in [1.82, 2.24) is 0 Å². The molecule has 0 radical (unpaired) electrons. The van der Waals surface area contributed by atoms with Crippen molar-refractivity contribution in [3.63, 3.8) is 0 Å². The Morgan fingerprint density at radius 2 is 1.36 bits per heavy atom. The van der Waals surface area contributed by atoms with Gasteiger partial charge in [0.15, 0.2) is 18.9 Å². The zero-order valence-electron chi connectivity index (χ0n) is 34.5. The maximum Gasteiger partial charge on any atom is 0.187 e. The molecule has 0 bridgehead atoms. The molecule has 7 rings (SSSR count). The van der Waals surface area contributed by atoms with Gasteiger partial charge in [-0.15, -0.1) is 0 Å². The second kappa shape index (κ2) is 16.3. The molecular formula is C42H70O13. The Morgan fingerprint density at radius 1 is 0.727 bits per heavy atom. The van der Waals surface area contributed by atoms with Crippen LogP contribution >= 0.6 is 0 Å². The number of ether oxygens (including phenoxy) is 9. The number of fused-ring (bicyclic) bond motifs is 5. The second-order valence-corrected chi connectivity index (χ2v) is 18.5. The highest BCUT2D eigenvalue weighted by Gasteiger charge is 2.67. The van der Waals surface area contributed by atoms with Crippen molar-refractivity contribution in [2.75, 3.05) is 21.3 Å². The summed E-state index contributed by atoms with van der Waals surface area (Å²) in [5, 5.41) is 44.2. The van der Waals surface area contributed by atoms with Gasteiger partial charge in [-0.1, -0.05) is 25.5 Å². The first-order valence-electron chi connectivity index (χ1n) is 21.1. The van der Waals surface area contributed by atoms with Gasteiger partial charge < -0.3 is 63.1 Å². The lowest BCUT2D eigenvalue weighted by Gasteiger charge is -2.61. The van der Waals surface area contributed by atoms with Crippen LogP contribution < -0.4 is 0 Å². The fourth-order valence-electron chi connectivity index (χ4n) is 12.5. The molecule has 55 heavy (non-hydrogen) atoms. The van der Waals surface area contributed by atoms with Crippen LogP contribution in [0.3, 0.4) is 0 Å². The predicted molar refractivity (Wildman–Crippen MR) is 200 cm³/mol. The smallest absolute Gasteiger partial charge is 0.187 e. The third-order valence-electron chi connectivity index (χ3n) is 15.7. The summed E-state index contributed by atoms with van der Waals surface area (Å²) >= 11 is 0. The Labute approximate surface area is 327 Å². The fourth-order valence-corrected chi connectivity index (χ4v) is 12.5. The molecule has 21 atom stereocenters. The van der Waals surface area contributed by atoms with Gasteiger partial charge in [0.1, 0.15) is 30.5 Å². The number of hydrogen-bond donors (Lipinski definition) is 4. The van der Waals surface area contributed by atoms with Crippen molar-refractivity contribution in [3.8, 4) is 0 Å². The fraction of sp³-hybridized carbons (Fsp3) is 0.952. The minimum Gasteiger partial charge on any atom is -0.393 e. The molecule has 0 aromatic heterocycles. The standard InChI is InChI=1S/C42H70O13/c1-21(43)27-14-17-42(46)29-11-10-25-18-26(12-15-40(25,5)28(29)13-16-41(27,42)6)53-32-19-30(47-7)36(23(3)50-32)54-33-20-31(48-8)37(24(4)51-33)55-39-35(45)38(49-9)34(44)22(2)52-39/h10,21-24,26-39,43-46H,11-20H2,1-9H3/t21-,22+,23+,24+,26-,27+,28-,29+,30-,31+,32-,33-,34+,35+,36+,37+,38+,39-,40-,41+,42-/m0/s1. The molecule has 3 aliphatic heterocycles. The van der Waals surface area contributed by atoms with Gasteiger partial charge in [0.05, 0.1) is 48.3 Å². The lowest BCUT2D eigenvalue weighted by molar-refractivity contribution is -0.352. The maximum atomic E-state index is 12.4. The zero-order valence-corrected chi connectivity index (χ0v) is 34.5. The van der Waals surface area contributed by atoms with Crippen LogP contribution in [0.15, 0.2) is 11.6 Å². The maximum absolute atomic E-state index is 12.4. The van der Waals surface area contributed by atoms with E-state index in [4.69, 9.17) is 42.6 Å². The zero-order chi connectivity index (χ0) is 39.6. The summed E-state index contributed by atoms with van der Waals surface area (Å²) in [4.78, 5) is 0. The highest BCUT2D eigenvalue weighted by Crippen LogP contribution is 2.68. The molecule has 6 fully saturated rings. The molecular weight excluding hydrogens is 712 g/mol. The summed E-state index contributed by atoms with van der Waals surface area (Å²) in [6.45, 7) is 12.1. The normalized spacial score (nSPS) is 53.5. The molecule has 316 valence electrons. The Morgan fingerprint density at radius 3 is 1.98 bits per heavy atom. The molecule has 0 aromatic carbocycles. The van der Waals surface area contributed by atoms with Gasteiger partial charge in [0.25, 0.3) is 0 Å². The summed E-state index contributed by atoms with van der Waals surface area (Å²) in [7, 11) is 4.73. The van der Waals surface area contributed by atoms with E-state index in [1.165, 1.54) is 12.7 Å². The van der Waals surface area contributed by atoms with E-state index in [0.717, 1.165) is 51.4 Å². The monoisotopic (exact) mass is 782 g/mol. The van der Waals surface area contributed by atoms with E-state index in [1.807, 2.05) is 20.8 Å². The van der Waals surface area contributed by atoms with E-state index < -0.39 is 79.4 Å². The van der Waals surface area contributed by atoms with E-state index in [-0.39, 0.29) is 41.0 Å². The Bertz CT molecular complexity index is 1350. The first-order chi connectivity index (χ1) is 26.1. The number of methoxy groups -OCH3 is 3. The highest BCUT2D eigenvalue weighted by atomic mass is 16.8. The summed E-state index contributed by atoms with van der Waals surface area (Å²) in [6, 6.07) is 0. The van der Waals surface area contributed by atoms with E-state index in [2.05, 4.69) is 19.9 Å². The summed E-state index contributed by atoms with van der Waals surface area (Å²) < 4.78 is 55.4. The van der Waals surface area contributed by atoms with Gasteiger partial charge in [0, 0.05) is 39.6 Å². The van der Waals surface area contributed by atoms with E-state index in [1.54, 1.807) is 21.1 Å². The van der Waals surface area contributed by atoms with Crippen LogP contribution in [0, 0.1) is 28.6 Å². The molecule has 4 N–H and O–H groups in total.